The number of aromatic nitrogens is 2. The number of terminal acetylenes is 1. The van der Waals surface area contributed by atoms with E-state index in [9.17, 15) is 4.79 Å². The van der Waals surface area contributed by atoms with E-state index < -0.39 is 0 Å². The quantitative estimate of drug-likeness (QED) is 0.527. The van der Waals surface area contributed by atoms with Crippen molar-refractivity contribution in [2.75, 3.05) is 6.54 Å². The average Bonchev–Trinajstić information content (AvgIpc) is 2.49. The Balaban J connectivity index is 2.59. The van der Waals surface area contributed by atoms with E-state index in [1.165, 1.54) is 0 Å². The minimum atomic E-state index is -0.133. The number of nitrogens with zero attached hydrogens (tertiary/aromatic N) is 2. The zero-order valence-electron chi connectivity index (χ0n) is 6.37. The van der Waals surface area contributed by atoms with E-state index in [2.05, 4.69) is 16.3 Å². The molecule has 0 radical (unpaired) electrons. The van der Waals surface area contributed by atoms with Crippen LogP contribution in [0.4, 0.5) is 0 Å². The molecular weight excluding hydrogens is 154 g/mol. The molecule has 0 saturated heterocycles. The Kier molecular flexibility index (Phi) is 1.37. The molecule has 1 amide bonds. The summed E-state index contributed by atoms with van der Waals surface area (Å²) < 4.78 is 1.63. The summed E-state index contributed by atoms with van der Waals surface area (Å²) in [6, 6.07) is 0. The summed E-state index contributed by atoms with van der Waals surface area (Å²) >= 11 is 0. The van der Waals surface area contributed by atoms with Gasteiger partial charge in [0.05, 0.1) is 18.3 Å². The Morgan fingerprint density at radius 2 is 2.58 bits per heavy atom. The minimum Gasteiger partial charge on any atom is -0.349 e. The van der Waals surface area contributed by atoms with Crippen molar-refractivity contribution in [1.82, 2.24) is 15.1 Å². The second kappa shape index (κ2) is 2.38. The Morgan fingerprint density at radius 1 is 1.75 bits per heavy atom. The summed E-state index contributed by atoms with van der Waals surface area (Å²) in [6.07, 6.45) is 6.74. The van der Waals surface area contributed by atoms with Gasteiger partial charge in [-0.25, -0.2) is 0 Å². The highest BCUT2D eigenvalue weighted by atomic mass is 16.2. The fourth-order valence-corrected chi connectivity index (χ4v) is 1.26. The van der Waals surface area contributed by atoms with E-state index in [0.29, 0.717) is 24.3 Å². The standard InChI is InChI=1S/C8H7N3O/c1-2-6-5-10-11-4-3-9-8(12)7(6)11/h1,5H,3-4H2,(H,9,12). The second-order valence-corrected chi connectivity index (χ2v) is 2.53. The highest BCUT2D eigenvalue weighted by Crippen LogP contribution is 2.09. The molecule has 1 aromatic heterocycles. The normalized spacial score (nSPS) is 14.8. The van der Waals surface area contributed by atoms with Crippen molar-refractivity contribution < 1.29 is 4.79 Å². The Morgan fingerprint density at radius 3 is 3.33 bits per heavy atom. The molecule has 2 heterocycles. The van der Waals surface area contributed by atoms with Crippen LogP contribution < -0.4 is 5.32 Å². The summed E-state index contributed by atoms with van der Waals surface area (Å²) in [6.45, 7) is 1.32. The van der Waals surface area contributed by atoms with E-state index in [4.69, 9.17) is 6.42 Å². The van der Waals surface area contributed by atoms with Crippen molar-refractivity contribution in [2.24, 2.45) is 0 Å². The lowest BCUT2D eigenvalue weighted by Gasteiger charge is -2.13. The average molecular weight is 161 g/mol. The zero-order chi connectivity index (χ0) is 8.55. The SMILES string of the molecule is C#Cc1cnn2c1C(=O)NCC2. The van der Waals surface area contributed by atoms with Crippen molar-refractivity contribution in [3.05, 3.63) is 17.5 Å². The van der Waals surface area contributed by atoms with E-state index in [1.807, 2.05) is 0 Å². The summed E-state index contributed by atoms with van der Waals surface area (Å²) in [5.74, 6) is 2.29. The number of nitrogens with one attached hydrogen (secondary N) is 1. The number of amides is 1. The molecule has 12 heavy (non-hydrogen) atoms. The first-order chi connectivity index (χ1) is 5.83. The molecule has 0 saturated carbocycles. The molecule has 4 heteroatoms. The molecule has 60 valence electrons. The number of hydrogen-bond acceptors (Lipinski definition) is 2. The summed E-state index contributed by atoms with van der Waals surface area (Å²) in [5, 5.41) is 6.70. The molecule has 0 atom stereocenters. The minimum absolute atomic E-state index is 0.133. The Labute approximate surface area is 69.6 Å². The summed E-state index contributed by atoms with van der Waals surface area (Å²) in [4.78, 5) is 11.3. The van der Waals surface area contributed by atoms with Crippen molar-refractivity contribution >= 4 is 5.91 Å². The lowest BCUT2D eigenvalue weighted by atomic mass is 10.2. The number of hydrogen-bond donors (Lipinski definition) is 1. The van der Waals surface area contributed by atoms with Gasteiger partial charge in [-0.2, -0.15) is 5.10 Å². The lowest BCUT2D eigenvalue weighted by Crippen LogP contribution is -2.36. The molecule has 1 aromatic rings. The Bertz CT molecular complexity index is 372. The van der Waals surface area contributed by atoms with E-state index in [0.717, 1.165) is 0 Å². The van der Waals surface area contributed by atoms with Crippen LogP contribution in [0.5, 0.6) is 0 Å². The van der Waals surface area contributed by atoms with Gasteiger partial charge in [0.15, 0.2) is 0 Å². The van der Waals surface area contributed by atoms with Crippen molar-refractivity contribution in [2.45, 2.75) is 6.54 Å². The van der Waals surface area contributed by atoms with Gasteiger partial charge in [0, 0.05) is 6.54 Å². The molecule has 1 aliphatic rings. The molecule has 1 N–H and O–H groups in total. The predicted octanol–water partition coefficient (Wildman–Crippen LogP) is -0.392. The first-order valence-electron chi connectivity index (χ1n) is 3.63. The van der Waals surface area contributed by atoms with Gasteiger partial charge in [0.2, 0.25) is 0 Å². The number of rotatable bonds is 0. The third kappa shape index (κ3) is 0.800. The second-order valence-electron chi connectivity index (χ2n) is 2.53. The maximum Gasteiger partial charge on any atom is 0.270 e. The fourth-order valence-electron chi connectivity index (χ4n) is 1.26. The molecule has 0 unspecified atom stereocenters. The largest absolute Gasteiger partial charge is 0.349 e. The van der Waals surface area contributed by atoms with Gasteiger partial charge in [0.1, 0.15) is 5.69 Å². The smallest absolute Gasteiger partial charge is 0.270 e. The first kappa shape index (κ1) is 6.92. The van der Waals surface area contributed by atoms with Crippen LogP contribution in [-0.4, -0.2) is 22.2 Å². The van der Waals surface area contributed by atoms with Crippen molar-refractivity contribution in [3.8, 4) is 12.3 Å². The predicted molar refractivity (Wildman–Crippen MR) is 42.5 cm³/mol. The first-order valence-corrected chi connectivity index (χ1v) is 3.63. The molecule has 0 aliphatic carbocycles. The van der Waals surface area contributed by atoms with Gasteiger partial charge in [-0.1, -0.05) is 5.92 Å². The summed E-state index contributed by atoms with van der Waals surface area (Å²) in [7, 11) is 0. The highest BCUT2D eigenvalue weighted by Gasteiger charge is 2.20. The molecule has 2 rings (SSSR count). The van der Waals surface area contributed by atoms with E-state index in [-0.39, 0.29) is 5.91 Å². The van der Waals surface area contributed by atoms with Crippen molar-refractivity contribution in [3.63, 3.8) is 0 Å². The van der Waals surface area contributed by atoms with Gasteiger partial charge < -0.3 is 5.32 Å². The van der Waals surface area contributed by atoms with Crippen LogP contribution >= 0.6 is 0 Å². The third-order valence-electron chi connectivity index (χ3n) is 1.82. The number of carbonyl (C=O) groups is 1. The van der Waals surface area contributed by atoms with Gasteiger partial charge in [-0.05, 0) is 0 Å². The maximum absolute atomic E-state index is 11.3. The highest BCUT2D eigenvalue weighted by molar-refractivity contribution is 5.95. The molecule has 0 fully saturated rings. The number of fused-ring (bicyclic) bond motifs is 1. The van der Waals surface area contributed by atoms with Crippen LogP contribution in [0.15, 0.2) is 6.20 Å². The van der Waals surface area contributed by atoms with Crippen LogP contribution in [0.2, 0.25) is 0 Å². The molecule has 0 aromatic carbocycles. The van der Waals surface area contributed by atoms with E-state index in [1.54, 1.807) is 10.9 Å². The van der Waals surface area contributed by atoms with Gasteiger partial charge in [-0.3, -0.25) is 9.48 Å². The number of carbonyl (C=O) groups excluding carboxylic acids is 1. The van der Waals surface area contributed by atoms with Crippen LogP contribution in [0.1, 0.15) is 16.1 Å². The van der Waals surface area contributed by atoms with Crippen LogP contribution in [0.3, 0.4) is 0 Å². The molecular formula is C8H7N3O. The monoisotopic (exact) mass is 161 g/mol. The van der Waals surface area contributed by atoms with Crippen LogP contribution in [-0.2, 0) is 6.54 Å². The third-order valence-corrected chi connectivity index (χ3v) is 1.82. The van der Waals surface area contributed by atoms with Gasteiger partial charge in [-0.15, -0.1) is 6.42 Å². The van der Waals surface area contributed by atoms with Crippen LogP contribution in [0, 0.1) is 12.3 Å². The molecule has 0 spiro atoms. The maximum atomic E-state index is 11.3. The lowest BCUT2D eigenvalue weighted by molar-refractivity contribution is 0.0924. The molecule has 1 aliphatic heterocycles. The van der Waals surface area contributed by atoms with Crippen molar-refractivity contribution in [1.29, 1.82) is 0 Å². The Hall–Kier alpha value is -1.76. The fraction of sp³-hybridized carbons (Fsp3) is 0.250. The topological polar surface area (TPSA) is 46.9 Å². The van der Waals surface area contributed by atoms with Gasteiger partial charge >= 0.3 is 0 Å². The molecule has 4 nitrogen and oxygen atoms in total. The zero-order valence-corrected chi connectivity index (χ0v) is 6.37. The van der Waals surface area contributed by atoms with E-state index >= 15 is 0 Å². The molecule has 0 bridgehead atoms. The summed E-state index contributed by atoms with van der Waals surface area (Å²) in [5.41, 5.74) is 1.07. The van der Waals surface area contributed by atoms with Gasteiger partial charge in [0.25, 0.3) is 5.91 Å². The van der Waals surface area contributed by atoms with Crippen LogP contribution in [0.25, 0.3) is 0 Å².